The van der Waals surface area contributed by atoms with Crippen molar-refractivity contribution in [2.24, 2.45) is 51.4 Å². The highest BCUT2D eigenvalue weighted by Gasteiger charge is 2.60. The van der Waals surface area contributed by atoms with E-state index in [2.05, 4.69) is 31.5 Å². The van der Waals surface area contributed by atoms with E-state index in [0.29, 0.717) is 34.2 Å². The van der Waals surface area contributed by atoms with Crippen LogP contribution < -0.4 is 15.5 Å². The maximum atomic E-state index is 11.8. The molecule has 4 saturated carbocycles. The maximum Gasteiger partial charge on any atom is 0.305 e. The summed E-state index contributed by atoms with van der Waals surface area (Å²) >= 11 is 5.53. The molecule has 0 heterocycles. The summed E-state index contributed by atoms with van der Waals surface area (Å²) in [6.07, 6.45) is 13.0. The largest absolute Gasteiger partial charge is 0.495 e. The summed E-state index contributed by atoms with van der Waals surface area (Å²) in [4.78, 5) is 11.8. The second kappa shape index (κ2) is 12.0. The molecule has 2 N–H and O–H groups in total. The zero-order valence-corrected chi connectivity index (χ0v) is 25.9. The molecule has 5 rings (SSSR count). The minimum atomic E-state index is -0.0635. The standard InChI is InChI=1S/C33H49N3O3S/c1-21(10-15-30(37)39-5)25-13-14-26-24-12-11-22-20-23(16-18-32(22,2)27(24)17-19-33(25,26)3)35-36-31(40)34-28-8-6-7-9-29(28)38-4/h6-9,21-22,24-27H,10-20H2,1-5H3,(H2,34,36,40)/b35-23+/t21-,22-,24+,25-,26+,27+,32+,33-/m1/s1. The molecule has 0 amide bonds. The van der Waals surface area contributed by atoms with Gasteiger partial charge in [0.25, 0.3) is 0 Å². The Morgan fingerprint density at radius 1 is 1.07 bits per heavy atom. The Morgan fingerprint density at radius 2 is 1.85 bits per heavy atom. The number of para-hydroxylation sites is 2. The summed E-state index contributed by atoms with van der Waals surface area (Å²) in [5, 5.41) is 8.50. The van der Waals surface area contributed by atoms with Crippen LogP contribution in [-0.4, -0.2) is 31.0 Å². The fourth-order valence-corrected chi connectivity index (χ4v) is 9.97. The number of ether oxygens (including phenoxy) is 2. The number of anilines is 1. The van der Waals surface area contributed by atoms with E-state index in [4.69, 9.17) is 26.8 Å². The number of benzene rings is 1. The van der Waals surface area contributed by atoms with Gasteiger partial charge in [-0.15, -0.1) is 0 Å². The predicted octanol–water partition coefficient (Wildman–Crippen LogP) is 7.59. The Bertz CT molecular complexity index is 1120. The highest BCUT2D eigenvalue weighted by molar-refractivity contribution is 7.80. The van der Waals surface area contributed by atoms with Gasteiger partial charge in [0.2, 0.25) is 0 Å². The summed E-state index contributed by atoms with van der Waals surface area (Å²) in [6.45, 7) is 7.60. The second-order valence-electron chi connectivity index (χ2n) is 13.6. The molecule has 0 unspecified atom stereocenters. The SMILES string of the molecule is COC(=O)CC[C@@H](C)[C@H]1CC[C@H]2[C@@H]3CC[C@@H]4C/C(=N/NC(=S)Nc5ccccc5OC)CC[C@]4(C)[C@H]3CC[C@]12C. The van der Waals surface area contributed by atoms with Crippen LogP contribution in [0, 0.1) is 46.3 Å². The molecule has 6 nitrogen and oxygen atoms in total. The van der Waals surface area contributed by atoms with Gasteiger partial charge in [0.1, 0.15) is 5.75 Å². The van der Waals surface area contributed by atoms with Gasteiger partial charge in [-0.2, -0.15) is 5.10 Å². The lowest BCUT2D eigenvalue weighted by Crippen LogP contribution is -2.54. The lowest BCUT2D eigenvalue weighted by Gasteiger charge is -2.61. The van der Waals surface area contributed by atoms with Gasteiger partial charge in [0.05, 0.1) is 19.9 Å². The van der Waals surface area contributed by atoms with E-state index in [-0.39, 0.29) is 5.97 Å². The van der Waals surface area contributed by atoms with Gasteiger partial charge in [0.15, 0.2) is 5.11 Å². The monoisotopic (exact) mass is 567 g/mol. The minimum absolute atomic E-state index is 0.0635. The van der Waals surface area contributed by atoms with Crippen molar-refractivity contribution in [3.63, 3.8) is 0 Å². The second-order valence-corrected chi connectivity index (χ2v) is 14.0. The Labute approximate surface area is 246 Å². The van der Waals surface area contributed by atoms with Crippen molar-refractivity contribution in [1.29, 1.82) is 0 Å². The fourth-order valence-electron chi connectivity index (χ4n) is 9.81. The van der Waals surface area contributed by atoms with E-state index < -0.39 is 0 Å². The van der Waals surface area contributed by atoms with E-state index in [9.17, 15) is 4.79 Å². The average molecular weight is 568 g/mol. The highest BCUT2D eigenvalue weighted by atomic mass is 32.1. The van der Waals surface area contributed by atoms with Crippen molar-refractivity contribution in [3.8, 4) is 5.75 Å². The van der Waals surface area contributed by atoms with Crippen molar-refractivity contribution in [2.75, 3.05) is 19.5 Å². The maximum absolute atomic E-state index is 11.8. The van der Waals surface area contributed by atoms with Gasteiger partial charge in [-0.3, -0.25) is 10.2 Å². The normalized spacial score (nSPS) is 36.5. The number of carbonyl (C=O) groups is 1. The van der Waals surface area contributed by atoms with E-state index in [0.717, 1.165) is 54.4 Å². The van der Waals surface area contributed by atoms with Gasteiger partial charge < -0.3 is 14.8 Å². The predicted molar refractivity (Wildman–Crippen MR) is 165 cm³/mol. The van der Waals surface area contributed by atoms with Crippen LogP contribution in [0.15, 0.2) is 29.4 Å². The molecule has 220 valence electrons. The van der Waals surface area contributed by atoms with Crippen LogP contribution in [0.5, 0.6) is 5.75 Å². The molecule has 4 fully saturated rings. The van der Waals surface area contributed by atoms with Crippen LogP contribution in [-0.2, 0) is 9.53 Å². The summed E-state index contributed by atoms with van der Waals surface area (Å²) in [5.74, 6) is 5.25. The number of hydrogen-bond acceptors (Lipinski definition) is 5. The van der Waals surface area contributed by atoms with E-state index in [1.54, 1.807) is 7.11 Å². The lowest BCUT2D eigenvalue weighted by atomic mass is 9.44. The molecule has 0 aromatic heterocycles. The molecule has 8 atom stereocenters. The first-order chi connectivity index (χ1) is 19.2. The van der Waals surface area contributed by atoms with Gasteiger partial charge in [0, 0.05) is 12.1 Å². The van der Waals surface area contributed by atoms with Crippen molar-refractivity contribution < 1.29 is 14.3 Å². The number of thiocarbonyl (C=S) groups is 1. The third kappa shape index (κ3) is 5.52. The first kappa shape index (κ1) is 29.3. The highest BCUT2D eigenvalue weighted by Crippen LogP contribution is 2.68. The first-order valence-corrected chi connectivity index (χ1v) is 15.9. The number of nitrogens with zero attached hydrogens (tertiary/aromatic N) is 1. The quantitative estimate of drug-likeness (QED) is 0.201. The van der Waals surface area contributed by atoms with Gasteiger partial charge in [-0.05, 0) is 135 Å². The number of esters is 1. The molecule has 4 aliphatic carbocycles. The zero-order valence-electron chi connectivity index (χ0n) is 25.1. The van der Waals surface area contributed by atoms with Crippen molar-refractivity contribution in [3.05, 3.63) is 24.3 Å². The van der Waals surface area contributed by atoms with Crippen LogP contribution in [0.2, 0.25) is 0 Å². The summed E-state index contributed by atoms with van der Waals surface area (Å²) in [7, 11) is 3.17. The Balaban J connectivity index is 1.20. The third-order valence-corrected chi connectivity index (χ3v) is 12.2. The molecule has 40 heavy (non-hydrogen) atoms. The number of fused-ring (bicyclic) bond motifs is 5. The zero-order chi connectivity index (χ0) is 28.5. The molecule has 0 spiro atoms. The van der Waals surface area contributed by atoms with Crippen LogP contribution in [0.1, 0.15) is 91.4 Å². The molecule has 7 heteroatoms. The van der Waals surface area contributed by atoms with Crippen molar-refractivity contribution in [1.82, 2.24) is 5.43 Å². The first-order valence-electron chi connectivity index (χ1n) is 15.5. The van der Waals surface area contributed by atoms with Crippen LogP contribution in [0.3, 0.4) is 0 Å². The van der Waals surface area contributed by atoms with Crippen LogP contribution in [0.25, 0.3) is 0 Å². The molecular weight excluding hydrogens is 518 g/mol. The van der Waals surface area contributed by atoms with Gasteiger partial charge in [-0.1, -0.05) is 32.9 Å². The van der Waals surface area contributed by atoms with Crippen molar-refractivity contribution >= 4 is 34.7 Å². The summed E-state index contributed by atoms with van der Waals surface area (Å²) in [6, 6.07) is 7.78. The molecule has 1 aromatic carbocycles. The topological polar surface area (TPSA) is 72.0 Å². The molecule has 0 aliphatic heterocycles. The third-order valence-electron chi connectivity index (χ3n) is 12.0. The Kier molecular flexibility index (Phi) is 8.80. The van der Waals surface area contributed by atoms with Crippen LogP contribution >= 0.6 is 12.2 Å². The number of hydrogen-bond donors (Lipinski definition) is 2. The molecule has 0 radical (unpaired) electrons. The number of rotatable bonds is 7. The molecular formula is C33H49N3O3S. The average Bonchev–Trinajstić information content (AvgIpc) is 3.32. The summed E-state index contributed by atoms with van der Waals surface area (Å²) < 4.78 is 10.4. The Morgan fingerprint density at radius 3 is 2.62 bits per heavy atom. The number of hydrazone groups is 1. The van der Waals surface area contributed by atoms with Crippen molar-refractivity contribution in [2.45, 2.75) is 91.4 Å². The fraction of sp³-hybridized carbons (Fsp3) is 0.727. The van der Waals surface area contributed by atoms with Gasteiger partial charge >= 0.3 is 5.97 Å². The molecule has 1 aromatic rings. The van der Waals surface area contributed by atoms with E-state index >= 15 is 0 Å². The minimum Gasteiger partial charge on any atom is -0.495 e. The number of nitrogens with one attached hydrogen (secondary N) is 2. The summed E-state index contributed by atoms with van der Waals surface area (Å²) in [5.41, 5.74) is 6.05. The van der Waals surface area contributed by atoms with Crippen LogP contribution in [0.4, 0.5) is 5.69 Å². The lowest BCUT2D eigenvalue weighted by molar-refractivity contribution is -0.141. The number of carbonyl (C=O) groups excluding carboxylic acids is 1. The van der Waals surface area contributed by atoms with E-state index in [1.807, 2.05) is 24.3 Å². The Hall–Kier alpha value is -2.15. The van der Waals surface area contributed by atoms with E-state index in [1.165, 1.54) is 57.8 Å². The molecule has 0 bridgehead atoms. The molecule has 4 aliphatic rings. The molecule has 0 saturated heterocycles. The smallest absolute Gasteiger partial charge is 0.305 e. The van der Waals surface area contributed by atoms with Gasteiger partial charge in [-0.25, -0.2) is 0 Å². The number of methoxy groups -OCH3 is 2.